The number of fused-ring (bicyclic) bond motifs is 12. The molecule has 11 aromatic carbocycles. The van der Waals surface area contributed by atoms with Gasteiger partial charge in [0.15, 0.2) is 0 Å². The van der Waals surface area contributed by atoms with Gasteiger partial charge in [-0.05, 0) is 150 Å². The molecular weight excluding hydrogens is 787 g/mol. The molecule has 1 aliphatic carbocycles. The lowest BCUT2D eigenvalue weighted by atomic mass is 9.80. The molecule has 0 saturated carbocycles. The van der Waals surface area contributed by atoms with Crippen molar-refractivity contribution in [2.24, 2.45) is 4.99 Å². The topological polar surface area (TPSA) is 18.8 Å². The second kappa shape index (κ2) is 15.1. The maximum absolute atomic E-state index is 5.34. The third-order valence-corrected chi connectivity index (χ3v) is 13.4. The number of rotatable bonds is 7. The fourth-order valence-electron chi connectivity index (χ4n) is 10.5. The van der Waals surface area contributed by atoms with Crippen molar-refractivity contribution in [2.75, 3.05) is 9.80 Å². The number of para-hydroxylation sites is 4. The molecule has 0 radical (unpaired) electrons. The van der Waals surface area contributed by atoms with Gasteiger partial charge in [-0.15, -0.1) is 0 Å². The zero-order chi connectivity index (χ0) is 42.8. The molecule has 65 heavy (non-hydrogen) atoms. The van der Waals surface area contributed by atoms with Gasteiger partial charge in [-0.25, -0.2) is 4.99 Å². The fraction of sp³-hybridized carbons (Fsp3) is 0.0161. The highest BCUT2D eigenvalue weighted by atomic mass is 15.1. The monoisotopic (exact) mass is 827 g/mol. The zero-order valence-corrected chi connectivity index (χ0v) is 35.5. The van der Waals surface area contributed by atoms with Gasteiger partial charge in [0, 0.05) is 45.5 Å². The summed E-state index contributed by atoms with van der Waals surface area (Å²) in [5, 5.41) is 12.1. The Labute approximate surface area is 377 Å². The molecule has 1 heterocycles. The predicted molar refractivity (Wildman–Crippen MR) is 274 cm³/mol. The van der Waals surface area contributed by atoms with Crippen LogP contribution in [-0.2, 0) is 0 Å². The number of hydrogen-bond donors (Lipinski definition) is 0. The maximum Gasteiger partial charge on any atom is 0.0737 e. The largest absolute Gasteiger partial charge is 0.310 e. The first-order valence-electron chi connectivity index (χ1n) is 22.4. The highest BCUT2D eigenvalue weighted by molar-refractivity contribution is 6.18. The number of nitrogens with zero attached hydrogens (tertiary/aromatic N) is 3. The molecule has 0 N–H and O–H groups in total. The molecule has 0 bridgehead atoms. The van der Waals surface area contributed by atoms with Crippen molar-refractivity contribution >= 4 is 89.0 Å². The molecule has 3 nitrogen and oxygen atoms in total. The van der Waals surface area contributed by atoms with E-state index < -0.39 is 0 Å². The third-order valence-electron chi connectivity index (χ3n) is 13.4. The molecule has 0 amide bonds. The van der Waals surface area contributed by atoms with Gasteiger partial charge in [-0.3, -0.25) is 0 Å². The molecule has 0 aromatic heterocycles. The van der Waals surface area contributed by atoms with Gasteiger partial charge < -0.3 is 9.80 Å². The number of benzene rings is 11. The molecule has 1 aliphatic heterocycles. The molecule has 0 fully saturated rings. The molecule has 13 rings (SSSR count). The van der Waals surface area contributed by atoms with Crippen LogP contribution in [0.2, 0.25) is 0 Å². The zero-order valence-electron chi connectivity index (χ0n) is 35.5. The lowest BCUT2D eigenvalue weighted by Crippen LogP contribution is -2.18. The summed E-state index contributed by atoms with van der Waals surface area (Å²) in [7, 11) is 0. The van der Waals surface area contributed by atoms with Crippen LogP contribution in [0.15, 0.2) is 242 Å². The van der Waals surface area contributed by atoms with Crippen LogP contribution in [-0.4, -0.2) is 0 Å². The molecule has 3 heteroatoms. The second-order valence-electron chi connectivity index (χ2n) is 17.1. The molecule has 1 unspecified atom stereocenters. The Bertz CT molecular complexity index is 3750. The fourth-order valence-corrected chi connectivity index (χ4v) is 10.5. The van der Waals surface area contributed by atoms with Crippen LogP contribution in [0.5, 0.6) is 0 Å². The summed E-state index contributed by atoms with van der Waals surface area (Å²) < 4.78 is 0. The van der Waals surface area contributed by atoms with Crippen molar-refractivity contribution in [3.8, 4) is 11.1 Å². The van der Waals surface area contributed by atoms with Crippen LogP contribution in [0, 0.1) is 0 Å². The van der Waals surface area contributed by atoms with Gasteiger partial charge in [0.25, 0.3) is 0 Å². The van der Waals surface area contributed by atoms with Gasteiger partial charge in [-0.1, -0.05) is 152 Å². The van der Waals surface area contributed by atoms with E-state index in [0.29, 0.717) is 0 Å². The minimum atomic E-state index is 0.0656. The molecule has 0 saturated heterocycles. The number of allylic oxidation sites excluding steroid dienone is 2. The van der Waals surface area contributed by atoms with Crippen molar-refractivity contribution in [2.45, 2.75) is 5.92 Å². The first-order chi connectivity index (χ1) is 32.2. The summed E-state index contributed by atoms with van der Waals surface area (Å²) in [5.74, 6) is 0.0656. The van der Waals surface area contributed by atoms with Crippen molar-refractivity contribution < 1.29 is 0 Å². The summed E-state index contributed by atoms with van der Waals surface area (Å²) in [4.78, 5) is 10.1. The second-order valence-corrected chi connectivity index (χ2v) is 17.1. The van der Waals surface area contributed by atoms with Gasteiger partial charge in [-0.2, -0.15) is 0 Å². The standard InChI is InChI=1S/C62H41N3/c1-5-19-45(20-6-1)64(46-21-7-2-8-22-46)49-34-35-51-52-28-15-27-50(43-32-31-41-17-13-14-18-42(41)37-43)60(52)56-38-44-33-36-58-61(53(44)40-55(56)54(51)39-49)62-57(63-58)29-16-30-59(62)65(47-23-9-3-10-24-47)48-25-11-4-12-26-48/h1-40,50H. The van der Waals surface area contributed by atoms with Crippen LogP contribution in [0.3, 0.4) is 0 Å². The third kappa shape index (κ3) is 6.08. The van der Waals surface area contributed by atoms with Crippen LogP contribution in [0.25, 0.3) is 60.3 Å². The van der Waals surface area contributed by atoms with Crippen LogP contribution >= 0.6 is 0 Å². The summed E-state index contributed by atoms with van der Waals surface area (Å²) in [6, 6.07) is 81.5. The highest BCUT2D eigenvalue weighted by Gasteiger charge is 2.27. The van der Waals surface area contributed by atoms with Crippen molar-refractivity contribution in [1.82, 2.24) is 0 Å². The van der Waals surface area contributed by atoms with Gasteiger partial charge in [0.1, 0.15) is 0 Å². The van der Waals surface area contributed by atoms with E-state index in [1.54, 1.807) is 0 Å². The summed E-state index contributed by atoms with van der Waals surface area (Å²) >= 11 is 0. The van der Waals surface area contributed by atoms with E-state index >= 15 is 0 Å². The lowest BCUT2D eigenvalue weighted by molar-refractivity contribution is 1.03. The van der Waals surface area contributed by atoms with E-state index in [-0.39, 0.29) is 5.92 Å². The molecular formula is C62H41N3. The predicted octanol–water partition coefficient (Wildman–Crippen LogP) is 15.7. The Hall–Kier alpha value is -8.53. The number of hydrogen-bond acceptors (Lipinski definition) is 3. The van der Waals surface area contributed by atoms with E-state index in [1.807, 2.05) is 0 Å². The normalized spacial score (nSPS) is 13.6. The Balaban J connectivity index is 1.11. The Kier molecular flexibility index (Phi) is 8.60. The first kappa shape index (κ1) is 37.1. The van der Waals surface area contributed by atoms with E-state index in [2.05, 4.69) is 252 Å². The molecule has 1 atom stereocenters. The smallest absolute Gasteiger partial charge is 0.0737 e. The minimum Gasteiger partial charge on any atom is -0.310 e. The summed E-state index contributed by atoms with van der Waals surface area (Å²) in [6.07, 6.45) is 6.98. The maximum atomic E-state index is 5.34. The summed E-state index contributed by atoms with van der Waals surface area (Å²) in [5.41, 5.74) is 12.6. The summed E-state index contributed by atoms with van der Waals surface area (Å²) in [6.45, 7) is 0. The average molecular weight is 828 g/mol. The van der Waals surface area contributed by atoms with Crippen molar-refractivity contribution in [1.29, 1.82) is 0 Å². The van der Waals surface area contributed by atoms with E-state index in [4.69, 9.17) is 4.99 Å². The lowest BCUT2D eigenvalue weighted by Gasteiger charge is -2.28. The van der Waals surface area contributed by atoms with Crippen LogP contribution in [0.1, 0.15) is 17.0 Å². The number of anilines is 6. The van der Waals surface area contributed by atoms with E-state index in [9.17, 15) is 0 Å². The van der Waals surface area contributed by atoms with E-state index in [1.165, 1.54) is 65.0 Å². The molecule has 304 valence electrons. The molecule has 11 aromatic rings. The van der Waals surface area contributed by atoms with Crippen LogP contribution < -0.4 is 20.4 Å². The van der Waals surface area contributed by atoms with Crippen molar-refractivity contribution in [3.05, 3.63) is 258 Å². The van der Waals surface area contributed by atoms with E-state index in [0.717, 1.165) is 50.7 Å². The SMILES string of the molecule is C1=CC(c2ccc3ccccc3c2)c2c(c3ccc(N(c4ccccc4)c4ccccc4)cc3c3cc4c5c(ccc4cc23)=Nc2cccc(N(c3ccccc3)c3ccccc3)c2-5)=C1. The van der Waals surface area contributed by atoms with Gasteiger partial charge >= 0.3 is 0 Å². The van der Waals surface area contributed by atoms with Crippen molar-refractivity contribution in [3.63, 3.8) is 0 Å². The van der Waals surface area contributed by atoms with Gasteiger partial charge in [0.2, 0.25) is 0 Å². The van der Waals surface area contributed by atoms with Crippen LogP contribution in [0.4, 0.5) is 39.8 Å². The first-order valence-corrected chi connectivity index (χ1v) is 22.4. The molecule has 2 aliphatic rings. The Morgan fingerprint density at radius 2 is 0.985 bits per heavy atom. The Morgan fingerprint density at radius 1 is 0.369 bits per heavy atom. The Morgan fingerprint density at radius 3 is 1.68 bits per heavy atom. The quantitative estimate of drug-likeness (QED) is 0.118. The minimum absolute atomic E-state index is 0.0656. The highest BCUT2D eigenvalue weighted by Crippen LogP contribution is 2.49. The average Bonchev–Trinajstić information content (AvgIpc) is 3.77. The van der Waals surface area contributed by atoms with Gasteiger partial charge in [0.05, 0.1) is 16.7 Å². The molecule has 0 spiro atoms.